The molecule has 0 amide bonds. The third kappa shape index (κ3) is 4.79. The number of benzene rings is 2. The molecule has 0 saturated heterocycles. The van der Waals surface area contributed by atoms with Gasteiger partial charge >= 0.3 is 0 Å². The van der Waals surface area contributed by atoms with E-state index in [1.165, 1.54) is 16.7 Å². The Hall–Kier alpha value is -1.43. The van der Waals surface area contributed by atoms with Crippen molar-refractivity contribution in [1.82, 2.24) is 4.23 Å². The van der Waals surface area contributed by atoms with Crippen molar-refractivity contribution < 1.29 is 0 Å². The first-order valence-corrected chi connectivity index (χ1v) is 15.6. The third-order valence-corrected chi connectivity index (χ3v) is 11.9. The molecular formula is C21H31NSi2. The van der Waals surface area contributed by atoms with Gasteiger partial charge in [0.05, 0.1) is 0 Å². The second kappa shape index (κ2) is 7.22. The van der Waals surface area contributed by atoms with Crippen LogP contribution in [0.3, 0.4) is 0 Å². The fraction of sp³-hybridized carbons (Fsp3) is 0.333. The lowest BCUT2D eigenvalue weighted by Crippen LogP contribution is -2.58. The molecular weight excluding hydrogens is 322 g/mol. The van der Waals surface area contributed by atoms with Gasteiger partial charge in [0.1, 0.15) is 16.5 Å². The van der Waals surface area contributed by atoms with Crippen LogP contribution in [0.1, 0.15) is 16.7 Å². The van der Waals surface area contributed by atoms with E-state index < -0.39 is 16.5 Å². The Balaban J connectivity index is 2.29. The fourth-order valence-electron chi connectivity index (χ4n) is 3.33. The summed E-state index contributed by atoms with van der Waals surface area (Å²) in [4.78, 5) is 0. The molecule has 0 bridgehead atoms. The minimum absolute atomic E-state index is 1.06. The van der Waals surface area contributed by atoms with Crippen LogP contribution in [-0.2, 0) is 6.54 Å². The molecule has 1 nitrogen and oxygen atoms in total. The maximum atomic E-state index is 4.32. The minimum atomic E-state index is -1.34. The molecule has 0 spiro atoms. The predicted octanol–water partition coefficient (Wildman–Crippen LogP) is 6.22. The zero-order chi connectivity index (χ0) is 18.0. The SMILES string of the molecule is C=C(c1ccccc1)c1cccc(CN([Si](C)(C)C)[Si](C)(C)C)c1. The maximum absolute atomic E-state index is 4.32. The van der Waals surface area contributed by atoms with Crippen LogP contribution in [0, 0.1) is 0 Å². The largest absolute Gasteiger partial charge is 0.342 e. The van der Waals surface area contributed by atoms with Crippen LogP contribution in [0.2, 0.25) is 39.3 Å². The Morgan fingerprint density at radius 2 is 1.33 bits per heavy atom. The van der Waals surface area contributed by atoms with Gasteiger partial charge < -0.3 is 4.23 Å². The monoisotopic (exact) mass is 353 g/mol. The molecule has 2 aromatic carbocycles. The molecule has 0 atom stereocenters. The zero-order valence-corrected chi connectivity index (χ0v) is 18.1. The van der Waals surface area contributed by atoms with Crippen LogP contribution < -0.4 is 0 Å². The standard InChI is InChI=1S/C21H31NSi2/c1-18(20-13-9-8-10-14-20)21-15-11-12-19(16-21)17-22(23(2,3)4)24(5,6)7/h8-16H,1,17H2,2-7H3. The van der Waals surface area contributed by atoms with E-state index in [1.807, 2.05) is 6.07 Å². The molecule has 128 valence electrons. The molecule has 0 aliphatic heterocycles. The van der Waals surface area contributed by atoms with Crippen LogP contribution in [0.25, 0.3) is 5.57 Å². The van der Waals surface area contributed by atoms with E-state index in [2.05, 4.69) is 98.6 Å². The van der Waals surface area contributed by atoms with Gasteiger partial charge in [0, 0.05) is 6.54 Å². The van der Waals surface area contributed by atoms with E-state index in [0.717, 1.165) is 12.1 Å². The van der Waals surface area contributed by atoms with Gasteiger partial charge in [-0.1, -0.05) is 94.4 Å². The number of hydrogen-bond acceptors (Lipinski definition) is 1. The maximum Gasteiger partial charge on any atom is 0.112 e. The molecule has 0 fully saturated rings. The average Bonchev–Trinajstić information content (AvgIpc) is 2.51. The Labute approximate surface area is 150 Å². The van der Waals surface area contributed by atoms with Gasteiger partial charge in [0.2, 0.25) is 0 Å². The molecule has 0 radical (unpaired) electrons. The molecule has 2 aromatic rings. The second-order valence-electron chi connectivity index (χ2n) is 8.47. The van der Waals surface area contributed by atoms with E-state index >= 15 is 0 Å². The Bertz CT molecular complexity index is 680. The first-order valence-electron chi connectivity index (χ1n) is 8.70. The van der Waals surface area contributed by atoms with Gasteiger partial charge in [0.25, 0.3) is 0 Å². The quantitative estimate of drug-likeness (QED) is 0.557. The molecule has 0 saturated carbocycles. The summed E-state index contributed by atoms with van der Waals surface area (Å²) in [6, 6.07) is 19.4. The highest BCUT2D eigenvalue weighted by atomic mass is 28.4. The highest BCUT2D eigenvalue weighted by Crippen LogP contribution is 2.26. The lowest BCUT2D eigenvalue weighted by atomic mass is 9.98. The van der Waals surface area contributed by atoms with Crippen LogP contribution in [0.4, 0.5) is 0 Å². The van der Waals surface area contributed by atoms with Gasteiger partial charge in [-0.15, -0.1) is 0 Å². The van der Waals surface area contributed by atoms with Crippen molar-refractivity contribution in [3.63, 3.8) is 0 Å². The highest BCUT2D eigenvalue weighted by Gasteiger charge is 2.34. The first kappa shape index (κ1) is 18.9. The van der Waals surface area contributed by atoms with E-state index in [-0.39, 0.29) is 0 Å². The normalized spacial score (nSPS) is 12.5. The third-order valence-electron chi connectivity index (χ3n) is 4.36. The van der Waals surface area contributed by atoms with E-state index in [9.17, 15) is 0 Å². The number of hydrogen-bond donors (Lipinski definition) is 0. The Kier molecular flexibility index (Phi) is 5.68. The molecule has 0 heterocycles. The summed E-state index contributed by atoms with van der Waals surface area (Å²) in [7, 11) is -2.68. The van der Waals surface area contributed by atoms with Crippen LogP contribution in [-0.4, -0.2) is 20.7 Å². The van der Waals surface area contributed by atoms with Gasteiger partial charge in [-0.05, 0) is 28.3 Å². The molecule has 2 rings (SSSR count). The lowest BCUT2D eigenvalue weighted by molar-refractivity contribution is 0.611. The average molecular weight is 354 g/mol. The summed E-state index contributed by atoms with van der Waals surface area (Å²) in [6.45, 7) is 20.1. The minimum Gasteiger partial charge on any atom is -0.342 e. The van der Waals surface area contributed by atoms with Crippen molar-refractivity contribution in [1.29, 1.82) is 0 Å². The zero-order valence-electron chi connectivity index (χ0n) is 16.1. The van der Waals surface area contributed by atoms with Gasteiger partial charge in [-0.2, -0.15) is 0 Å². The van der Waals surface area contributed by atoms with Crippen molar-refractivity contribution in [2.24, 2.45) is 0 Å². The molecule has 0 unspecified atom stereocenters. The van der Waals surface area contributed by atoms with Crippen LogP contribution >= 0.6 is 0 Å². The lowest BCUT2D eigenvalue weighted by Gasteiger charge is -2.43. The smallest absolute Gasteiger partial charge is 0.112 e. The van der Waals surface area contributed by atoms with E-state index in [1.54, 1.807) is 0 Å². The summed E-state index contributed by atoms with van der Waals surface area (Å²) in [5.41, 5.74) is 4.92. The van der Waals surface area contributed by atoms with Crippen LogP contribution in [0.5, 0.6) is 0 Å². The van der Waals surface area contributed by atoms with E-state index in [4.69, 9.17) is 0 Å². The molecule has 0 aliphatic carbocycles. The second-order valence-corrected chi connectivity index (χ2v) is 18.7. The van der Waals surface area contributed by atoms with Gasteiger partial charge in [-0.3, -0.25) is 0 Å². The Morgan fingerprint density at radius 3 is 1.88 bits per heavy atom. The summed E-state index contributed by atoms with van der Waals surface area (Å²) >= 11 is 0. The topological polar surface area (TPSA) is 3.24 Å². The molecule has 0 N–H and O–H groups in total. The molecule has 24 heavy (non-hydrogen) atoms. The first-order chi connectivity index (χ1) is 11.1. The van der Waals surface area contributed by atoms with Crippen molar-refractivity contribution >= 4 is 22.0 Å². The van der Waals surface area contributed by atoms with Crippen LogP contribution in [0.15, 0.2) is 61.2 Å². The number of rotatable bonds is 6. The summed E-state index contributed by atoms with van der Waals surface area (Å²) in [6.07, 6.45) is 0. The summed E-state index contributed by atoms with van der Waals surface area (Å²) < 4.78 is 2.82. The summed E-state index contributed by atoms with van der Waals surface area (Å²) in [5.74, 6) is 0. The van der Waals surface area contributed by atoms with Crippen molar-refractivity contribution in [3.05, 3.63) is 77.9 Å². The number of nitrogens with zero attached hydrogens (tertiary/aromatic N) is 1. The molecule has 3 heteroatoms. The van der Waals surface area contributed by atoms with Gasteiger partial charge in [-0.25, -0.2) is 0 Å². The molecule has 0 aromatic heterocycles. The van der Waals surface area contributed by atoms with Gasteiger partial charge in [0.15, 0.2) is 0 Å². The predicted molar refractivity (Wildman–Crippen MR) is 113 cm³/mol. The Morgan fingerprint density at radius 1 is 0.792 bits per heavy atom. The van der Waals surface area contributed by atoms with Crippen molar-refractivity contribution in [3.8, 4) is 0 Å². The highest BCUT2D eigenvalue weighted by molar-refractivity contribution is 6.89. The fourth-order valence-corrected chi connectivity index (χ4v) is 12.7. The summed E-state index contributed by atoms with van der Waals surface area (Å²) in [5, 5.41) is 0. The van der Waals surface area contributed by atoms with E-state index in [0.29, 0.717) is 0 Å². The van der Waals surface area contributed by atoms with Crippen molar-refractivity contribution in [2.75, 3.05) is 0 Å². The molecule has 0 aliphatic rings. The van der Waals surface area contributed by atoms with Crippen molar-refractivity contribution in [2.45, 2.75) is 45.8 Å².